The Labute approximate surface area is 122 Å². The summed E-state index contributed by atoms with van der Waals surface area (Å²) in [6.07, 6.45) is 0. The lowest BCUT2D eigenvalue weighted by atomic mass is 10.2. The van der Waals surface area contributed by atoms with Gasteiger partial charge < -0.3 is 15.8 Å². The second-order valence-electron chi connectivity index (χ2n) is 4.65. The van der Waals surface area contributed by atoms with E-state index in [0.29, 0.717) is 23.5 Å². The Kier molecular flexibility index (Phi) is 4.90. The number of aryl methyl sites for hydroxylation is 1. The van der Waals surface area contributed by atoms with Crippen molar-refractivity contribution in [1.82, 2.24) is 0 Å². The lowest BCUT2D eigenvalue weighted by molar-refractivity contribution is -0.118. The highest BCUT2D eigenvalue weighted by Crippen LogP contribution is 2.16. The highest BCUT2D eigenvalue weighted by atomic mass is 19.1. The molecule has 5 heteroatoms. The molecule has 2 aromatic rings. The van der Waals surface area contributed by atoms with Gasteiger partial charge in [0.05, 0.1) is 0 Å². The van der Waals surface area contributed by atoms with E-state index < -0.39 is 0 Å². The van der Waals surface area contributed by atoms with Crippen molar-refractivity contribution in [2.45, 2.75) is 13.5 Å². The third-order valence-electron chi connectivity index (χ3n) is 2.97. The standard InChI is InChI=1S/C16H17FN2O2/c1-11-8-14(6-7-15(11)17)21-10-16(20)19-13-4-2-12(9-18)3-5-13/h2-8H,9-10,18H2,1H3,(H,19,20). The van der Waals surface area contributed by atoms with E-state index in [2.05, 4.69) is 5.32 Å². The van der Waals surface area contributed by atoms with Crippen molar-refractivity contribution in [3.63, 3.8) is 0 Å². The average Bonchev–Trinajstić information content (AvgIpc) is 2.49. The zero-order valence-corrected chi connectivity index (χ0v) is 11.7. The van der Waals surface area contributed by atoms with Crippen LogP contribution in [-0.4, -0.2) is 12.5 Å². The van der Waals surface area contributed by atoms with Crippen LogP contribution >= 0.6 is 0 Å². The van der Waals surface area contributed by atoms with E-state index >= 15 is 0 Å². The Hall–Kier alpha value is -2.40. The summed E-state index contributed by atoms with van der Waals surface area (Å²) in [4.78, 5) is 11.8. The van der Waals surface area contributed by atoms with Crippen molar-refractivity contribution in [1.29, 1.82) is 0 Å². The molecule has 0 aliphatic carbocycles. The first-order valence-corrected chi connectivity index (χ1v) is 6.56. The summed E-state index contributed by atoms with van der Waals surface area (Å²) in [5.41, 5.74) is 7.65. The molecule has 4 nitrogen and oxygen atoms in total. The Morgan fingerprint density at radius 1 is 1.24 bits per heavy atom. The van der Waals surface area contributed by atoms with Gasteiger partial charge in [-0.05, 0) is 48.4 Å². The van der Waals surface area contributed by atoms with Crippen molar-refractivity contribution in [2.24, 2.45) is 5.73 Å². The molecule has 0 aliphatic heterocycles. The average molecular weight is 288 g/mol. The molecular formula is C16H17FN2O2. The minimum atomic E-state index is -0.299. The van der Waals surface area contributed by atoms with Crippen molar-refractivity contribution < 1.29 is 13.9 Å². The summed E-state index contributed by atoms with van der Waals surface area (Å²) in [7, 11) is 0. The molecule has 0 bridgehead atoms. The molecule has 0 unspecified atom stereocenters. The molecule has 0 fully saturated rings. The van der Waals surface area contributed by atoms with Crippen LogP contribution in [0.4, 0.5) is 10.1 Å². The van der Waals surface area contributed by atoms with Gasteiger partial charge >= 0.3 is 0 Å². The molecule has 2 aromatic carbocycles. The van der Waals surface area contributed by atoms with Gasteiger partial charge in [-0.2, -0.15) is 0 Å². The monoisotopic (exact) mass is 288 g/mol. The lowest BCUT2D eigenvalue weighted by Crippen LogP contribution is -2.20. The zero-order valence-electron chi connectivity index (χ0n) is 11.7. The smallest absolute Gasteiger partial charge is 0.262 e. The third-order valence-corrected chi connectivity index (χ3v) is 2.97. The highest BCUT2D eigenvalue weighted by Gasteiger charge is 2.05. The van der Waals surface area contributed by atoms with Gasteiger partial charge in [0.25, 0.3) is 5.91 Å². The fraction of sp³-hybridized carbons (Fsp3) is 0.188. The lowest BCUT2D eigenvalue weighted by Gasteiger charge is -2.08. The summed E-state index contributed by atoms with van der Waals surface area (Å²) in [6, 6.07) is 11.6. The molecule has 0 saturated heterocycles. The van der Waals surface area contributed by atoms with E-state index in [1.807, 2.05) is 12.1 Å². The number of nitrogens with one attached hydrogen (secondary N) is 1. The number of halogens is 1. The van der Waals surface area contributed by atoms with Crippen LogP contribution < -0.4 is 15.8 Å². The first kappa shape index (κ1) is 15.0. The minimum absolute atomic E-state index is 0.135. The fourth-order valence-electron chi connectivity index (χ4n) is 1.78. The second kappa shape index (κ2) is 6.85. The van der Waals surface area contributed by atoms with Crippen LogP contribution in [0, 0.1) is 12.7 Å². The van der Waals surface area contributed by atoms with E-state index in [0.717, 1.165) is 5.56 Å². The van der Waals surface area contributed by atoms with Crippen molar-refractivity contribution in [3.05, 3.63) is 59.4 Å². The highest BCUT2D eigenvalue weighted by molar-refractivity contribution is 5.91. The van der Waals surface area contributed by atoms with E-state index in [9.17, 15) is 9.18 Å². The summed E-state index contributed by atoms with van der Waals surface area (Å²) >= 11 is 0. The quantitative estimate of drug-likeness (QED) is 0.889. The number of nitrogens with two attached hydrogens (primary N) is 1. The maximum atomic E-state index is 13.1. The first-order valence-electron chi connectivity index (χ1n) is 6.56. The Bertz CT molecular complexity index is 627. The number of carbonyl (C=O) groups is 1. The van der Waals surface area contributed by atoms with Crippen LogP contribution in [0.3, 0.4) is 0 Å². The van der Waals surface area contributed by atoms with Gasteiger partial charge in [0, 0.05) is 12.2 Å². The van der Waals surface area contributed by atoms with Crippen LogP contribution in [0.15, 0.2) is 42.5 Å². The van der Waals surface area contributed by atoms with Crippen molar-refractivity contribution in [3.8, 4) is 5.75 Å². The summed E-state index contributed by atoms with van der Waals surface area (Å²) < 4.78 is 18.4. The van der Waals surface area contributed by atoms with Crippen molar-refractivity contribution in [2.75, 3.05) is 11.9 Å². The maximum absolute atomic E-state index is 13.1. The van der Waals surface area contributed by atoms with Gasteiger partial charge in [-0.15, -0.1) is 0 Å². The molecule has 0 radical (unpaired) electrons. The molecule has 2 rings (SSSR count). The minimum Gasteiger partial charge on any atom is -0.484 e. The molecule has 3 N–H and O–H groups in total. The summed E-state index contributed by atoms with van der Waals surface area (Å²) in [5.74, 6) is -0.119. The van der Waals surface area contributed by atoms with Gasteiger partial charge in [-0.3, -0.25) is 4.79 Å². The van der Waals surface area contributed by atoms with Crippen LogP contribution in [-0.2, 0) is 11.3 Å². The van der Waals surface area contributed by atoms with Gasteiger partial charge in [-0.1, -0.05) is 12.1 Å². The van der Waals surface area contributed by atoms with E-state index in [1.165, 1.54) is 12.1 Å². The fourth-order valence-corrected chi connectivity index (χ4v) is 1.78. The zero-order chi connectivity index (χ0) is 15.2. The van der Waals surface area contributed by atoms with E-state index in [4.69, 9.17) is 10.5 Å². The predicted octanol–water partition coefficient (Wildman–Crippen LogP) is 2.61. The van der Waals surface area contributed by atoms with Crippen LogP contribution in [0.25, 0.3) is 0 Å². The second-order valence-corrected chi connectivity index (χ2v) is 4.65. The first-order chi connectivity index (χ1) is 10.1. The molecule has 0 atom stereocenters. The van der Waals surface area contributed by atoms with Gasteiger partial charge in [-0.25, -0.2) is 4.39 Å². The number of rotatable bonds is 5. The SMILES string of the molecule is Cc1cc(OCC(=O)Nc2ccc(CN)cc2)ccc1F. The normalized spacial score (nSPS) is 10.2. The van der Waals surface area contributed by atoms with Gasteiger partial charge in [0.2, 0.25) is 0 Å². The van der Waals surface area contributed by atoms with Crippen LogP contribution in [0.2, 0.25) is 0 Å². The van der Waals surface area contributed by atoms with Crippen LogP contribution in [0.5, 0.6) is 5.75 Å². The molecule has 0 saturated carbocycles. The van der Waals surface area contributed by atoms with E-state index in [-0.39, 0.29) is 18.3 Å². The maximum Gasteiger partial charge on any atom is 0.262 e. The Morgan fingerprint density at radius 3 is 2.57 bits per heavy atom. The van der Waals surface area contributed by atoms with E-state index in [1.54, 1.807) is 25.1 Å². The Morgan fingerprint density at radius 2 is 1.95 bits per heavy atom. The topological polar surface area (TPSA) is 64.3 Å². The number of hydrogen-bond acceptors (Lipinski definition) is 3. The Balaban J connectivity index is 1.87. The van der Waals surface area contributed by atoms with Gasteiger partial charge in [0.15, 0.2) is 6.61 Å². The van der Waals surface area contributed by atoms with Crippen LogP contribution in [0.1, 0.15) is 11.1 Å². The molecule has 1 amide bonds. The number of carbonyl (C=O) groups excluding carboxylic acids is 1. The molecule has 21 heavy (non-hydrogen) atoms. The number of amides is 1. The predicted molar refractivity (Wildman–Crippen MR) is 79.6 cm³/mol. The summed E-state index contributed by atoms with van der Waals surface area (Å²) in [6.45, 7) is 1.96. The van der Waals surface area contributed by atoms with Crippen molar-refractivity contribution >= 4 is 11.6 Å². The third kappa shape index (κ3) is 4.29. The number of ether oxygens (including phenoxy) is 1. The van der Waals surface area contributed by atoms with Gasteiger partial charge in [0.1, 0.15) is 11.6 Å². The largest absolute Gasteiger partial charge is 0.484 e. The molecular weight excluding hydrogens is 271 g/mol. The summed E-state index contributed by atoms with van der Waals surface area (Å²) in [5, 5.41) is 2.71. The molecule has 0 aliphatic rings. The number of benzene rings is 2. The molecule has 110 valence electrons. The molecule has 0 spiro atoms. The molecule has 0 heterocycles. The number of anilines is 1. The molecule has 0 aromatic heterocycles. The number of hydrogen-bond donors (Lipinski definition) is 2.